The number of hydrogen-bond acceptors (Lipinski definition) is 3. The monoisotopic (exact) mass is 261 g/mol. The van der Waals surface area contributed by atoms with Crippen LogP contribution in [0.5, 0.6) is 0 Å². The minimum atomic E-state index is -0.867. The maximum atomic E-state index is 10.9. The number of ether oxygens (including phenoxy) is 1. The van der Waals surface area contributed by atoms with Gasteiger partial charge in [-0.15, -0.1) is 0 Å². The van der Waals surface area contributed by atoms with Gasteiger partial charge in [0.15, 0.2) is 11.4 Å². The topological polar surface area (TPSA) is 81.0 Å². The molecule has 0 atom stereocenters. The second kappa shape index (κ2) is 4.91. The quantitative estimate of drug-likeness (QED) is 0.887. The molecule has 2 rings (SSSR count). The number of primary amides is 1. The van der Waals surface area contributed by atoms with Crippen LogP contribution >= 0.6 is 0 Å². The van der Waals surface area contributed by atoms with Gasteiger partial charge in [-0.2, -0.15) is 0 Å². The van der Waals surface area contributed by atoms with E-state index in [9.17, 15) is 4.79 Å². The number of para-hydroxylation sites is 1. The van der Waals surface area contributed by atoms with Crippen LogP contribution < -0.4 is 5.73 Å². The van der Waals surface area contributed by atoms with Crippen molar-refractivity contribution in [2.75, 3.05) is 0 Å². The van der Waals surface area contributed by atoms with Crippen LogP contribution in [-0.2, 0) is 16.8 Å². The summed E-state index contributed by atoms with van der Waals surface area (Å²) in [4.78, 5) is 18.7. The van der Waals surface area contributed by atoms with Gasteiger partial charge in [0.25, 0.3) is 0 Å². The van der Waals surface area contributed by atoms with Crippen LogP contribution in [0.1, 0.15) is 38.6 Å². The van der Waals surface area contributed by atoms with Crippen molar-refractivity contribution < 1.29 is 9.53 Å². The molecule has 0 saturated carbocycles. The molecular weight excluding hydrogens is 242 g/mol. The van der Waals surface area contributed by atoms with Crippen molar-refractivity contribution in [1.29, 1.82) is 0 Å². The summed E-state index contributed by atoms with van der Waals surface area (Å²) < 4.78 is 5.10. The molecule has 0 saturated heterocycles. The number of imidazole rings is 1. The molecule has 0 fully saturated rings. The van der Waals surface area contributed by atoms with Crippen molar-refractivity contribution in [2.24, 2.45) is 5.73 Å². The summed E-state index contributed by atoms with van der Waals surface area (Å²) in [6, 6.07) is 6.03. The minimum Gasteiger partial charge on any atom is -0.436 e. The van der Waals surface area contributed by atoms with Crippen molar-refractivity contribution >= 4 is 17.1 Å². The van der Waals surface area contributed by atoms with E-state index in [1.54, 1.807) is 13.8 Å². The third-order valence-corrected chi connectivity index (χ3v) is 3.04. The highest BCUT2D eigenvalue weighted by Gasteiger charge is 2.28. The van der Waals surface area contributed by atoms with Crippen LogP contribution in [0.2, 0.25) is 0 Å². The highest BCUT2D eigenvalue weighted by molar-refractivity contribution is 5.79. The van der Waals surface area contributed by atoms with Gasteiger partial charge in [-0.05, 0) is 31.9 Å². The van der Waals surface area contributed by atoms with Crippen LogP contribution in [0.4, 0.5) is 4.79 Å². The molecule has 5 nitrogen and oxygen atoms in total. The minimum absolute atomic E-state index is 0.602. The normalized spacial score (nSPS) is 11.7. The van der Waals surface area contributed by atoms with Crippen LogP contribution in [0.25, 0.3) is 11.0 Å². The Balaban J connectivity index is 2.46. The van der Waals surface area contributed by atoms with E-state index in [4.69, 9.17) is 10.5 Å². The summed E-state index contributed by atoms with van der Waals surface area (Å²) in [5.74, 6) is 0.602. The van der Waals surface area contributed by atoms with Crippen molar-refractivity contribution in [1.82, 2.24) is 9.97 Å². The van der Waals surface area contributed by atoms with Gasteiger partial charge in [0.2, 0.25) is 0 Å². The molecule has 1 aromatic heterocycles. The number of hydrogen-bond donors (Lipinski definition) is 2. The first-order valence-electron chi connectivity index (χ1n) is 6.40. The molecule has 1 aromatic carbocycles. The first-order valence-corrected chi connectivity index (χ1v) is 6.40. The van der Waals surface area contributed by atoms with Crippen molar-refractivity contribution in [3.05, 3.63) is 29.6 Å². The van der Waals surface area contributed by atoms with Gasteiger partial charge >= 0.3 is 6.09 Å². The smallest absolute Gasteiger partial charge is 0.405 e. The van der Waals surface area contributed by atoms with E-state index in [0.29, 0.717) is 5.82 Å². The molecule has 3 N–H and O–H groups in total. The summed E-state index contributed by atoms with van der Waals surface area (Å²) in [6.07, 6.45) is 1.22. The van der Waals surface area contributed by atoms with Crippen molar-refractivity contribution in [2.45, 2.75) is 39.2 Å². The summed E-state index contributed by atoms with van der Waals surface area (Å²) in [5.41, 5.74) is 7.29. The Bertz CT molecular complexity index is 602. The zero-order chi connectivity index (χ0) is 14.0. The molecular formula is C14H19N3O2. The third-order valence-electron chi connectivity index (χ3n) is 3.04. The number of carbonyl (C=O) groups excluding carboxylic acids is 1. The zero-order valence-electron chi connectivity index (χ0n) is 11.5. The summed E-state index contributed by atoms with van der Waals surface area (Å²) in [7, 11) is 0. The highest BCUT2D eigenvalue weighted by Crippen LogP contribution is 2.26. The Hall–Kier alpha value is -2.04. The van der Waals surface area contributed by atoms with Gasteiger partial charge < -0.3 is 15.5 Å². The number of benzene rings is 1. The largest absolute Gasteiger partial charge is 0.436 e. The van der Waals surface area contributed by atoms with E-state index >= 15 is 0 Å². The molecule has 0 bridgehead atoms. The van der Waals surface area contributed by atoms with E-state index in [1.165, 1.54) is 5.56 Å². The predicted molar refractivity (Wildman–Crippen MR) is 73.8 cm³/mol. The molecule has 1 amide bonds. The number of nitrogens with one attached hydrogen (secondary N) is 1. The fourth-order valence-corrected chi connectivity index (χ4v) is 2.15. The molecule has 0 aliphatic carbocycles. The zero-order valence-corrected chi connectivity index (χ0v) is 11.5. The lowest BCUT2D eigenvalue weighted by molar-refractivity contribution is 0.0372. The number of H-pyrrole nitrogens is 1. The molecule has 0 aliphatic rings. The number of aromatic nitrogens is 2. The Labute approximate surface area is 112 Å². The molecule has 1 heterocycles. The number of nitrogens with zero attached hydrogens (tertiary/aromatic N) is 1. The first-order chi connectivity index (χ1) is 8.94. The second-order valence-electron chi connectivity index (χ2n) is 5.08. The maximum absolute atomic E-state index is 10.9. The van der Waals surface area contributed by atoms with Crippen LogP contribution in [0.15, 0.2) is 18.2 Å². The SMILES string of the molecule is CCCc1cccc2[nH]c(C(C)(C)OC(N)=O)nc12. The average molecular weight is 261 g/mol. The lowest BCUT2D eigenvalue weighted by Crippen LogP contribution is -2.29. The number of carbonyl (C=O) groups is 1. The standard InChI is InChI=1S/C14H19N3O2/c1-4-6-9-7-5-8-10-11(9)17-12(16-10)14(2,3)19-13(15)18/h5,7-8H,4,6H2,1-3H3,(H2,15,18)(H,16,17). The van der Waals surface area contributed by atoms with E-state index in [-0.39, 0.29) is 0 Å². The van der Waals surface area contributed by atoms with Gasteiger partial charge in [-0.25, -0.2) is 9.78 Å². The number of nitrogens with two attached hydrogens (primary N) is 1. The van der Waals surface area contributed by atoms with E-state index < -0.39 is 11.7 Å². The number of aryl methyl sites for hydroxylation is 1. The van der Waals surface area contributed by atoms with Gasteiger partial charge in [0.1, 0.15) is 0 Å². The number of fused-ring (bicyclic) bond motifs is 1. The maximum Gasteiger partial charge on any atom is 0.405 e. The molecule has 2 aromatic rings. The van der Waals surface area contributed by atoms with E-state index in [0.717, 1.165) is 23.9 Å². The molecule has 0 aliphatic heterocycles. The summed E-state index contributed by atoms with van der Waals surface area (Å²) in [6.45, 7) is 5.65. The first kappa shape index (κ1) is 13.4. The number of amides is 1. The molecule has 5 heteroatoms. The van der Waals surface area contributed by atoms with Crippen molar-refractivity contribution in [3.63, 3.8) is 0 Å². The van der Waals surface area contributed by atoms with Crippen LogP contribution in [0, 0.1) is 0 Å². The molecule has 102 valence electrons. The molecule has 19 heavy (non-hydrogen) atoms. The fourth-order valence-electron chi connectivity index (χ4n) is 2.15. The Morgan fingerprint density at radius 3 is 2.84 bits per heavy atom. The Kier molecular flexibility index (Phi) is 3.46. The predicted octanol–water partition coefficient (Wildman–Crippen LogP) is 2.85. The molecule has 0 unspecified atom stereocenters. The van der Waals surface area contributed by atoms with Gasteiger partial charge in [-0.1, -0.05) is 25.5 Å². The molecule has 0 radical (unpaired) electrons. The van der Waals surface area contributed by atoms with Crippen molar-refractivity contribution in [3.8, 4) is 0 Å². The Morgan fingerprint density at radius 1 is 1.47 bits per heavy atom. The van der Waals surface area contributed by atoms with Gasteiger partial charge in [0, 0.05) is 0 Å². The summed E-state index contributed by atoms with van der Waals surface area (Å²) >= 11 is 0. The lowest BCUT2D eigenvalue weighted by Gasteiger charge is -2.21. The lowest BCUT2D eigenvalue weighted by atomic mass is 10.1. The molecule has 0 spiro atoms. The third kappa shape index (κ3) is 2.70. The van der Waals surface area contributed by atoms with Crippen LogP contribution in [-0.4, -0.2) is 16.1 Å². The number of aromatic amines is 1. The van der Waals surface area contributed by atoms with Gasteiger partial charge in [-0.3, -0.25) is 0 Å². The van der Waals surface area contributed by atoms with Gasteiger partial charge in [0.05, 0.1) is 11.0 Å². The summed E-state index contributed by atoms with van der Waals surface area (Å²) in [5, 5.41) is 0. The van der Waals surface area contributed by atoms with E-state index in [1.807, 2.05) is 12.1 Å². The average Bonchev–Trinajstić information content (AvgIpc) is 2.73. The van der Waals surface area contributed by atoms with Crippen LogP contribution in [0.3, 0.4) is 0 Å². The second-order valence-corrected chi connectivity index (χ2v) is 5.08. The fraction of sp³-hybridized carbons (Fsp3) is 0.429. The highest BCUT2D eigenvalue weighted by atomic mass is 16.6. The Morgan fingerprint density at radius 2 is 2.21 bits per heavy atom. The van der Waals surface area contributed by atoms with E-state index in [2.05, 4.69) is 23.0 Å². The number of rotatable bonds is 4.